The molecule has 35 heavy (non-hydrogen) atoms. The smallest absolute Gasteiger partial charge is 0.245 e. The van der Waals surface area contributed by atoms with Gasteiger partial charge in [0.05, 0.1) is 25.5 Å². The third-order valence-electron chi connectivity index (χ3n) is 7.41. The summed E-state index contributed by atoms with van der Waals surface area (Å²) in [7, 11) is 1.61. The van der Waals surface area contributed by atoms with E-state index in [0.29, 0.717) is 22.9 Å². The molecule has 2 fully saturated rings. The molecule has 9 nitrogen and oxygen atoms in total. The highest BCUT2D eigenvalue weighted by atomic mass is 16.5. The van der Waals surface area contributed by atoms with Crippen molar-refractivity contribution < 1.29 is 9.53 Å². The molecule has 2 aliphatic rings. The van der Waals surface area contributed by atoms with Crippen LogP contribution in [0.5, 0.6) is 5.75 Å². The van der Waals surface area contributed by atoms with Crippen molar-refractivity contribution in [3.05, 3.63) is 48.6 Å². The molecule has 3 aromatic heterocycles. The van der Waals surface area contributed by atoms with Gasteiger partial charge in [-0.25, -0.2) is 4.52 Å². The van der Waals surface area contributed by atoms with Crippen LogP contribution in [-0.2, 0) is 4.79 Å². The van der Waals surface area contributed by atoms with Gasteiger partial charge >= 0.3 is 0 Å². The van der Waals surface area contributed by atoms with Crippen molar-refractivity contribution in [1.29, 1.82) is 5.26 Å². The maximum Gasteiger partial charge on any atom is 0.245 e. The molecule has 2 aliphatic heterocycles. The number of hydrogen-bond donors (Lipinski definition) is 0. The highest BCUT2D eigenvalue weighted by molar-refractivity contribution is 5.87. The van der Waals surface area contributed by atoms with E-state index < -0.39 is 0 Å². The van der Waals surface area contributed by atoms with Crippen molar-refractivity contribution in [3.8, 4) is 22.9 Å². The Bertz CT molecular complexity index is 1320. The fourth-order valence-electron chi connectivity index (χ4n) is 5.67. The van der Waals surface area contributed by atoms with Crippen molar-refractivity contribution in [2.75, 3.05) is 39.8 Å². The average Bonchev–Trinajstić information content (AvgIpc) is 3.45. The molecule has 0 spiro atoms. The van der Waals surface area contributed by atoms with E-state index in [1.54, 1.807) is 17.8 Å². The number of amides is 1. The Morgan fingerprint density at radius 1 is 1.31 bits per heavy atom. The molecule has 0 saturated carbocycles. The number of carbonyl (C=O) groups excluding carboxylic acids is 1. The summed E-state index contributed by atoms with van der Waals surface area (Å²) < 4.78 is 9.43. The normalized spacial score (nSPS) is 18.3. The summed E-state index contributed by atoms with van der Waals surface area (Å²) >= 11 is 0. The molecular weight excluding hydrogens is 442 g/mol. The summed E-state index contributed by atoms with van der Waals surface area (Å²) in [5.41, 5.74) is 4.43. The van der Waals surface area contributed by atoms with Crippen molar-refractivity contribution >= 4 is 11.4 Å². The van der Waals surface area contributed by atoms with Crippen LogP contribution >= 0.6 is 0 Å². The molecule has 0 aromatic carbocycles. The van der Waals surface area contributed by atoms with E-state index in [-0.39, 0.29) is 11.3 Å². The number of nitrogens with zero attached hydrogens (tertiary/aromatic N) is 7. The second-order valence-electron chi connectivity index (χ2n) is 10.1. The summed E-state index contributed by atoms with van der Waals surface area (Å²) in [6.07, 6.45) is 8.89. The minimum atomic E-state index is 0.0287. The number of carbonyl (C=O) groups is 1. The second kappa shape index (κ2) is 8.86. The summed E-state index contributed by atoms with van der Waals surface area (Å²) in [6.45, 7) is 12.6. The van der Waals surface area contributed by atoms with Crippen LogP contribution in [0.4, 0.5) is 0 Å². The van der Waals surface area contributed by atoms with Crippen molar-refractivity contribution in [3.63, 3.8) is 0 Å². The summed E-state index contributed by atoms with van der Waals surface area (Å²) in [5, 5.41) is 18.5. The summed E-state index contributed by atoms with van der Waals surface area (Å²) in [6, 6.07) is 4.48. The largest absolute Gasteiger partial charge is 0.494 e. The molecule has 5 heterocycles. The van der Waals surface area contributed by atoms with Crippen LogP contribution in [0.25, 0.3) is 16.6 Å². The quantitative estimate of drug-likeness (QED) is 0.511. The third kappa shape index (κ3) is 4.08. The Morgan fingerprint density at radius 3 is 2.71 bits per heavy atom. The van der Waals surface area contributed by atoms with E-state index in [0.717, 1.165) is 62.4 Å². The van der Waals surface area contributed by atoms with E-state index in [1.807, 2.05) is 23.4 Å². The fourth-order valence-corrected chi connectivity index (χ4v) is 5.67. The molecule has 182 valence electrons. The van der Waals surface area contributed by atoms with Gasteiger partial charge in [0, 0.05) is 61.2 Å². The monoisotopic (exact) mass is 473 g/mol. The van der Waals surface area contributed by atoms with Crippen LogP contribution in [0, 0.1) is 23.7 Å². The first kappa shape index (κ1) is 23.1. The zero-order valence-electron chi connectivity index (χ0n) is 20.6. The van der Waals surface area contributed by atoms with Gasteiger partial charge in [0.1, 0.15) is 22.9 Å². The SMILES string of the molecule is C=CC(=O)N1CC(C)(CN2CCC(n3ncc(-c4cc(OC)c5c(C#N)cnn5c4)c3C)CC2)C1. The molecule has 0 aliphatic carbocycles. The van der Waals surface area contributed by atoms with E-state index in [4.69, 9.17) is 9.84 Å². The minimum Gasteiger partial charge on any atom is -0.494 e. The third-order valence-corrected chi connectivity index (χ3v) is 7.41. The number of ether oxygens (including phenoxy) is 1. The number of likely N-dealkylation sites (tertiary alicyclic amines) is 2. The van der Waals surface area contributed by atoms with Gasteiger partial charge in [-0.15, -0.1) is 0 Å². The van der Waals surface area contributed by atoms with Gasteiger partial charge in [0.25, 0.3) is 0 Å². The average molecular weight is 474 g/mol. The van der Waals surface area contributed by atoms with Crippen LogP contribution < -0.4 is 4.74 Å². The van der Waals surface area contributed by atoms with E-state index in [1.165, 1.54) is 6.08 Å². The van der Waals surface area contributed by atoms with E-state index >= 15 is 0 Å². The molecule has 0 N–H and O–H groups in total. The van der Waals surface area contributed by atoms with Crippen molar-refractivity contribution in [1.82, 2.24) is 29.2 Å². The Labute approximate surface area is 205 Å². The molecule has 9 heteroatoms. The Kier molecular flexibility index (Phi) is 5.85. The van der Waals surface area contributed by atoms with Gasteiger partial charge in [-0.1, -0.05) is 13.5 Å². The first-order valence-electron chi connectivity index (χ1n) is 12.0. The van der Waals surface area contributed by atoms with Gasteiger partial charge in [-0.05, 0) is 31.9 Å². The number of piperidine rings is 1. The molecule has 1 amide bonds. The molecule has 0 bridgehead atoms. The Morgan fingerprint density at radius 2 is 2.06 bits per heavy atom. The molecular formula is C26H31N7O2. The zero-order valence-corrected chi connectivity index (χ0v) is 20.6. The number of aromatic nitrogens is 4. The summed E-state index contributed by atoms with van der Waals surface area (Å²) in [5.74, 6) is 0.649. The first-order chi connectivity index (χ1) is 16.9. The predicted molar refractivity (Wildman–Crippen MR) is 132 cm³/mol. The van der Waals surface area contributed by atoms with Crippen LogP contribution in [0.1, 0.15) is 37.1 Å². The molecule has 0 atom stereocenters. The summed E-state index contributed by atoms with van der Waals surface area (Å²) in [4.78, 5) is 16.2. The Balaban J connectivity index is 1.27. The van der Waals surface area contributed by atoms with Gasteiger partial charge in [0.2, 0.25) is 5.91 Å². The topological polar surface area (TPSA) is 91.7 Å². The first-order valence-corrected chi connectivity index (χ1v) is 12.0. The van der Waals surface area contributed by atoms with Crippen molar-refractivity contribution in [2.45, 2.75) is 32.7 Å². The highest BCUT2D eigenvalue weighted by Gasteiger charge is 2.42. The van der Waals surface area contributed by atoms with Crippen molar-refractivity contribution in [2.24, 2.45) is 5.41 Å². The molecule has 3 aromatic rings. The molecule has 5 rings (SSSR count). The number of methoxy groups -OCH3 is 1. The van der Waals surface area contributed by atoms with Crippen LogP contribution in [0.2, 0.25) is 0 Å². The fraction of sp³-hybridized carbons (Fsp3) is 0.462. The van der Waals surface area contributed by atoms with Gasteiger partial charge in [0.15, 0.2) is 0 Å². The zero-order chi connectivity index (χ0) is 24.7. The lowest BCUT2D eigenvalue weighted by Gasteiger charge is -2.50. The van der Waals surface area contributed by atoms with Crippen LogP contribution in [-0.4, -0.2) is 74.9 Å². The standard InChI is InChI=1S/C26H31N7O2/c1-5-24(34)31-16-26(3,17-31)15-30-8-6-21(7-9-30)33-18(2)22(13-29-33)19-10-23(35-4)25-20(11-27)12-28-32(25)14-19/h5,10,12-14,21H,1,6-9,15-17H2,2-4H3. The number of pyridine rings is 1. The lowest BCUT2D eigenvalue weighted by molar-refractivity contribution is -0.138. The Hall–Kier alpha value is -3.64. The number of nitriles is 1. The number of hydrogen-bond acceptors (Lipinski definition) is 6. The number of fused-ring (bicyclic) bond motifs is 1. The van der Waals surface area contributed by atoms with Gasteiger partial charge < -0.3 is 14.5 Å². The molecule has 2 saturated heterocycles. The number of rotatable bonds is 6. The lowest BCUT2D eigenvalue weighted by atomic mass is 9.80. The minimum absolute atomic E-state index is 0.0287. The molecule has 0 unspecified atom stereocenters. The predicted octanol–water partition coefficient (Wildman–Crippen LogP) is 3.06. The highest BCUT2D eigenvalue weighted by Crippen LogP contribution is 2.35. The second-order valence-corrected chi connectivity index (χ2v) is 10.1. The maximum atomic E-state index is 11.8. The van der Waals surface area contributed by atoms with E-state index in [2.05, 4.69) is 41.2 Å². The van der Waals surface area contributed by atoms with Gasteiger partial charge in [-0.3, -0.25) is 9.48 Å². The lowest BCUT2D eigenvalue weighted by Crippen LogP contribution is -2.61. The van der Waals surface area contributed by atoms with E-state index in [9.17, 15) is 10.1 Å². The van der Waals surface area contributed by atoms with Crippen LogP contribution in [0.3, 0.4) is 0 Å². The molecule has 0 radical (unpaired) electrons. The maximum absolute atomic E-state index is 11.8. The van der Waals surface area contributed by atoms with Crippen LogP contribution in [0.15, 0.2) is 37.3 Å². The van der Waals surface area contributed by atoms with Gasteiger partial charge in [-0.2, -0.15) is 15.5 Å².